The minimum atomic E-state index is -2.30. The van der Waals surface area contributed by atoms with Crippen LogP contribution in [0.4, 0.5) is 0 Å². The number of carbonyl (C=O) groups is 1. The molecule has 3 aromatic carbocycles. The fraction of sp³-hybridized carbons (Fsp3) is 0.486. The van der Waals surface area contributed by atoms with E-state index >= 15 is 0 Å². The second-order valence-electron chi connectivity index (χ2n) is 13.4. The molecule has 1 heterocycles. The van der Waals surface area contributed by atoms with Crippen molar-refractivity contribution in [1.82, 2.24) is 0 Å². The van der Waals surface area contributed by atoms with Crippen LogP contribution < -0.4 is 0 Å². The van der Waals surface area contributed by atoms with E-state index in [1.54, 1.807) is 0 Å². The van der Waals surface area contributed by atoms with Crippen LogP contribution >= 0.6 is 0 Å². The van der Waals surface area contributed by atoms with Crippen LogP contribution in [0.15, 0.2) is 91.0 Å². The normalized spacial score (nSPS) is 23.3. The van der Waals surface area contributed by atoms with Crippen LogP contribution in [0.2, 0.25) is 18.1 Å². The lowest BCUT2D eigenvalue weighted by Gasteiger charge is -2.51. The maximum Gasteiger partial charge on any atom is 0.192 e. The van der Waals surface area contributed by atoms with Crippen molar-refractivity contribution in [3.63, 3.8) is 0 Å². The molecule has 0 spiro atoms. The molecule has 1 saturated heterocycles. The minimum absolute atomic E-state index is 0.0362. The fourth-order valence-electron chi connectivity index (χ4n) is 5.26. The number of hydrogen-bond acceptors (Lipinski definition) is 6. The van der Waals surface area contributed by atoms with Crippen molar-refractivity contribution in [2.75, 3.05) is 6.61 Å². The molecule has 0 aromatic heterocycles. The lowest BCUT2D eigenvalue weighted by molar-refractivity contribution is -0.265. The van der Waals surface area contributed by atoms with Gasteiger partial charge in [0.25, 0.3) is 0 Å². The first-order valence-corrected chi connectivity index (χ1v) is 18.7. The van der Waals surface area contributed by atoms with Gasteiger partial charge < -0.3 is 28.2 Å². The van der Waals surface area contributed by atoms with Crippen molar-refractivity contribution in [3.05, 3.63) is 108 Å². The zero-order valence-corrected chi connectivity index (χ0v) is 28.2. The molecular formula is C37H50O6Si. The van der Waals surface area contributed by atoms with Gasteiger partial charge in [-0.1, -0.05) is 119 Å². The van der Waals surface area contributed by atoms with Gasteiger partial charge in [-0.25, -0.2) is 0 Å². The fourth-order valence-corrected chi connectivity index (χ4v) is 6.57. The van der Waals surface area contributed by atoms with Crippen LogP contribution in [0, 0.1) is 5.92 Å². The third-order valence-corrected chi connectivity index (χ3v) is 13.4. The molecule has 0 unspecified atom stereocenters. The zero-order chi connectivity index (χ0) is 31.6. The lowest BCUT2D eigenvalue weighted by Crippen LogP contribution is -2.65. The van der Waals surface area contributed by atoms with E-state index in [1.165, 1.54) is 0 Å². The largest absolute Gasteiger partial charge is 0.409 e. The molecular weight excluding hydrogens is 568 g/mol. The molecule has 6 nitrogen and oxygen atoms in total. The van der Waals surface area contributed by atoms with E-state index in [2.05, 4.69) is 77.2 Å². The van der Waals surface area contributed by atoms with Gasteiger partial charge in [-0.2, -0.15) is 0 Å². The third-order valence-electron chi connectivity index (χ3n) is 8.90. The van der Waals surface area contributed by atoms with Crippen molar-refractivity contribution in [3.8, 4) is 0 Å². The van der Waals surface area contributed by atoms with Gasteiger partial charge in [-0.15, -0.1) is 0 Å². The highest BCUT2D eigenvalue weighted by atomic mass is 28.4. The van der Waals surface area contributed by atoms with Gasteiger partial charge in [0.05, 0.1) is 32.5 Å². The van der Waals surface area contributed by atoms with Crippen molar-refractivity contribution in [1.29, 1.82) is 0 Å². The van der Waals surface area contributed by atoms with Gasteiger partial charge in [0.1, 0.15) is 30.7 Å². The molecule has 1 fully saturated rings. The van der Waals surface area contributed by atoms with Crippen molar-refractivity contribution >= 4 is 14.6 Å². The molecule has 4 rings (SSSR count). The number of rotatable bonds is 15. The van der Waals surface area contributed by atoms with E-state index in [0.717, 1.165) is 23.0 Å². The van der Waals surface area contributed by atoms with Gasteiger partial charge in [-0.05, 0) is 40.7 Å². The standard InChI is InChI=1S/C37H50O6Si/c1-28(22-23-38)33-36(43-44(5,6)37(2,3)4)35(41-26-31-20-14-9-15-21-31)34(40-25-30-18-12-8-13-19-30)32(42-33)27-39-24-29-16-10-7-11-17-29/h7-21,23,28,32-36H,22,24-27H2,1-6H3/t28-,32+,33-,34+,35-,36-/m0/s1. The maximum atomic E-state index is 11.8. The van der Waals surface area contributed by atoms with Crippen molar-refractivity contribution in [2.45, 2.75) is 103 Å². The summed E-state index contributed by atoms with van der Waals surface area (Å²) in [5.41, 5.74) is 3.23. The SMILES string of the molecule is C[C@@H](CC=O)[C@@H]1O[C@H](COCc2ccccc2)[C@@H](OCc2ccccc2)[C@H](OCc2ccccc2)[C@H]1O[Si](C)(C)C(C)(C)C. The highest BCUT2D eigenvalue weighted by molar-refractivity contribution is 6.74. The summed E-state index contributed by atoms with van der Waals surface area (Å²) in [6, 6.07) is 30.4. The minimum Gasteiger partial charge on any atom is -0.409 e. The molecule has 44 heavy (non-hydrogen) atoms. The summed E-state index contributed by atoms with van der Waals surface area (Å²) in [7, 11) is -2.30. The van der Waals surface area contributed by atoms with Gasteiger partial charge in [0, 0.05) is 6.42 Å². The van der Waals surface area contributed by atoms with Crippen LogP contribution in [0.25, 0.3) is 0 Å². The molecule has 6 atom stereocenters. The Hall–Kier alpha value is -2.65. The van der Waals surface area contributed by atoms with E-state index in [-0.39, 0.29) is 17.1 Å². The highest BCUT2D eigenvalue weighted by Crippen LogP contribution is 2.42. The number of carbonyl (C=O) groups excluding carboxylic acids is 1. The van der Waals surface area contributed by atoms with Crippen LogP contribution in [0.1, 0.15) is 50.8 Å². The van der Waals surface area contributed by atoms with E-state index in [4.69, 9.17) is 23.4 Å². The van der Waals surface area contributed by atoms with Crippen LogP contribution in [0.5, 0.6) is 0 Å². The van der Waals surface area contributed by atoms with E-state index in [1.807, 2.05) is 54.6 Å². The van der Waals surface area contributed by atoms with Gasteiger partial charge in [-0.3, -0.25) is 0 Å². The molecule has 0 aliphatic carbocycles. The van der Waals surface area contributed by atoms with Gasteiger partial charge in [0.15, 0.2) is 8.32 Å². The summed E-state index contributed by atoms with van der Waals surface area (Å²) in [4.78, 5) is 11.8. The first-order chi connectivity index (χ1) is 21.1. The summed E-state index contributed by atoms with van der Waals surface area (Å²) in [5, 5.41) is -0.0362. The molecule has 1 aliphatic heterocycles. The average molecular weight is 619 g/mol. The summed E-state index contributed by atoms with van der Waals surface area (Å²) in [5.74, 6) is -0.0863. The Bertz CT molecular complexity index is 1250. The smallest absolute Gasteiger partial charge is 0.192 e. The van der Waals surface area contributed by atoms with E-state index in [9.17, 15) is 4.79 Å². The summed E-state index contributed by atoms with van der Waals surface area (Å²) >= 11 is 0. The number of aldehydes is 1. The van der Waals surface area contributed by atoms with E-state index in [0.29, 0.717) is 32.8 Å². The average Bonchev–Trinajstić information content (AvgIpc) is 3.01. The molecule has 0 radical (unpaired) electrons. The molecule has 1 aliphatic rings. The topological polar surface area (TPSA) is 63.2 Å². The van der Waals surface area contributed by atoms with Gasteiger partial charge >= 0.3 is 0 Å². The predicted octanol–water partition coefficient (Wildman–Crippen LogP) is 7.76. The Labute approximate surface area is 265 Å². The first-order valence-electron chi connectivity index (χ1n) is 15.8. The quantitative estimate of drug-likeness (QED) is 0.128. The Morgan fingerprint density at radius 3 is 1.70 bits per heavy atom. The van der Waals surface area contributed by atoms with Crippen LogP contribution in [0.3, 0.4) is 0 Å². The molecule has 3 aromatic rings. The highest BCUT2D eigenvalue weighted by Gasteiger charge is 2.52. The zero-order valence-electron chi connectivity index (χ0n) is 27.2. The molecule has 0 saturated carbocycles. The number of hydrogen-bond donors (Lipinski definition) is 0. The number of benzene rings is 3. The molecule has 0 amide bonds. The van der Waals surface area contributed by atoms with Crippen molar-refractivity contribution in [2.24, 2.45) is 5.92 Å². The van der Waals surface area contributed by atoms with E-state index < -0.39 is 32.7 Å². The summed E-state index contributed by atoms with van der Waals surface area (Å²) < 4.78 is 33.9. The van der Waals surface area contributed by atoms with Crippen LogP contribution in [-0.2, 0) is 48.0 Å². The monoisotopic (exact) mass is 618 g/mol. The first kappa shape index (κ1) is 34.2. The predicted molar refractivity (Wildman–Crippen MR) is 177 cm³/mol. The molecule has 0 bridgehead atoms. The Kier molecular flexibility index (Phi) is 12.5. The summed E-state index contributed by atoms with van der Waals surface area (Å²) in [6.07, 6.45) is -0.828. The second kappa shape index (κ2) is 16.1. The van der Waals surface area contributed by atoms with Crippen LogP contribution in [-0.4, -0.2) is 51.7 Å². The third kappa shape index (κ3) is 9.43. The van der Waals surface area contributed by atoms with Gasteiger partial charge in [0.2, 0.25) is 0 Å². The molecule has 7 heteroatoms. The van der Waals surface area contributed by atoms with Crippen molar-refractivity contribution < 1.29 is 28.2 Å². The summed E-state index contributed by atoms with van der Waals surface area (Å²) in [6.45, 7) is 14.8. The lowest BCUT2D eigenvalue weighted by atomic mass is 9.87. The number of ether oxygens (including phenoxy) is 4. The molecule has 0 N–H and O–H groups in total. The second-order valence-corrected chi connectivity index (χ2v) is 18.1. The molecule has 238 valence electrons. The Morgan fingerprint density at radius 1 is 0.750 bits per heavy atom. The Balaban J connectivity index is 1.70. The maximum absolute atomic E-state index is 11.8. The Morgan fingerprint density at radius 2 is 1.23 bits per heavy atom.